The summed E-state index contributed by atoms with van der Waals surface area (Å²) in [6.07, 6.45) is 3.75. The largest absolute Gasteiger partial charge is 0.357 e. The minimum Gasteiger partial charge on any atom is -0.357 e. The molecule has 0 bridgehead atoms. The SMILES string of the molecule is CC(=O)c1ccc(N2C(=O)[C@@H]3[C@H](C2=O)[C@H](C(=O)Nc2ccccc2)N2C=Cc4ccccc4[C@@H]32)cc1. The van der Waals surface area contributed by atoms with Crippen LogP contribution >= 0.6 is 0 Å². The van der Waals surface area contributed by atoms with Crippen molar-refractivity contribution in [2.75, 3.05) is 10.2 Å². The molecule has 3 heterocycles. The van der Waals surface area contributed by atoms with Crippen LogP contribution in [0.15, 0.2) is 85.1 Å². The summed E-state index contributed by atoms with van der Waals surface area (Å²) >= 11 is 0. The minimum absolute atomic E-state index is 0.101. The van der Waals surface area contributed by atoms with Gasteiger partial charge in [0.25, 0.3) is 0 Å². The maximum absolute atomic E-state index is 13.9. The lowest BCUT2D eigenvalue weighted by molar-refractivity contribution is -0.128. The Balaban J connectivity index is 1.43. The van der Waals surface area contributed by atoms with E-state index in [-0.39, 0.29) is 17.6 Å². The highest BCUT2D eigenvalue weighted by Crippen LogP contribution is 2.53. The number of nitrogens with zero attached hydrogens (tertiary/aromatic N) is 2. The first-order valence-electron chi connectivity index (χ1n) is 11.8. The van der Waals surface area contributed by atoms with Gasteiger partial charge in [-0.2, -0.15) is 0 Å². The Labute approximate surface area is 208 Å². The molecular formula is C29H23N3O4. The van der Waals surface area contributed by atoms with E-state index in [0.29, 0.717) is 16.9 Å². The van der Waals surface area contributed by atoms with Gasteiger partial charge in [0.1, 0.15) is 6.04 Å². The molecule has 2 saturated heterocycles. The highest BCUT2D eigenvalue weighted by atomic mass is 16.2. The molecule has 0 radical (unpaired) electrons. The Morgan fingerprint density at radius 3 is 2.19 bits per heavy atom. The minimum atomic E-state index is -0.859. The van der Waals surface area contributed by atoms with E-state index in [1.54, 1.807) is 36.4 Å². The summed E-state index contributed by atoms with van der Waals surface area (Å²) in [4.78, 5) is 56.1. The molecule has 6 rings (SSSR count). The molecule has 36 heavy (non-hydrogen) atoms. The van der Waals surface area contributed by atoms with Crippen molar-refractivity contribution in [3.8, 4) is 0 Å². The summed E-state index contributed by atoms with van der Waals surface area (Å²) in [7, 11) is 0. The quantitative estimate of drug-likeness (QED) is 0.453. The highest BCUT2D eigenvalue weighted by Gasteiger charge is 2.64. The number of imide groups is 1. The number of anilines is 2. The molecular weight excluding hydrogens is 454 g/mol. The summed E-state index contributed by atoms with van der Waals surface area (Å²) < 4.78 is 0. The smallest absolute Gasteiger partial charge is 0.247 e. The number of nitrogens with one attached hydrogen (secondary N) is 1. The summed E-state index contributed by atoms with van der Waals surface area (Å²) in [5, 5.41) is 2.93. The number of benzene rings is 3. The van der Waals surface area contributed by atoms with Crippen LogP contribution in [0.3, 0.4) is 0 Å². The second kappa shape index (κ2) is 8.30. The molecule has 3 aliphatic heterocycles. The molecule has 0 unspecified atom stereocenters. The molecule has 1 N–H and O–H groups in total. The first kappa shape index (κ1) is 22.0. The zero-order valence-electron chi connectivity index (χ0n) is 19.5. The van der Waals surface area contributed by atoms with Crippen LogP contribution in [0.4, 0.5) is 11.4 Å². The first-order valence-corrected chi connectivity index (χ1v) is 11.8. The third kappa shape index (κ3) is 3.27. The van der Waals surface area contributed by atoms with E-state index in [9.17, 15) is 19.2 Å². The Hall–Kier alpha value is -4.52. The van der Waals surface area contributed by atoms with Crippen molar-refractivity contribution < 1.29 is 19.2 Å². The lowest BCUT2D eigenvalue weighted by Gasteiger charge is -2.35. The molecule has 0 aliphatic carbocycles. The Morgan fingerprint density at radius 1 is 0.806 bits per heavy atom. The summed E-state index contributed by atoms with van der Waals surface area (Å²) in [5.74, 6) is -2.75. The number of para-hydroxylation sites is 1. The topological polar surface area (TPSA) is 86.8 Å². The lowest BCUT2D eigenvalue weighted by atomic mass is 9.84. The average molecular weight is 478 g/mol. The van der Waals surface area contributed by atoms with Gasteiger partial charge < -0.3 is 10.2 Å². The zero-order chi connectivity index (χ0) is 25.0. The van der Waals surface area contributed by atoms with Crippen LogP contribution in [-0.4, -0.2) is 34.4 Å². The van der Waals surface area contributed by atoms with Crippen molar-refractivity contribution in [3.05, 3.63) is 102 Å². The van der Waals surface area contributed by atoms with Gasteiger partial charge in [-0.1, -0.05) is 42.5 Å². The fourth-order valence-electron chi connectivity index (χ4n) is 5.69. The van der Waals surface area contributed by atoms with Crippen LogP contribution in [0, 0.1) is 11.8 Å². The summed E-state index contributed by atoms with van der Waals surface area (Å²) in [5.41, 5.74) is 3.40. The lowest BCUT2D eigenvalue weighted by Crippen LogP contribution is -2.46. The maximum atomic E-state index is 13.9. The first-order chi connectivity index (χ1) is 17.5. The maximum Gasteiger partial charge on any atom is 0.247 e. The molecule has 3 aliphatic rings. The molecule has 3 amide bonds. The van der Waals surface area contributed by atoms with E-state index in [1.807, 2.05) is 59.6 Å². The van der Waals surface area contributed by atoms with Gasteiger partial charge in [0.15, 0.2) is 5.78 Å². The van der Waals surface area contributed by atoms with E-state index in [4.69, 9.17) is 0 Å². The van der Waals surface area contributed by atoms with Gasteiger partial charge in [-0.05, 0) is 60.5 Å². The van der Waals surface area contributed by atoms with E-state index in [1.165, 1.54) is 11.8 Å². The third-order valence-corrected chi connectivity index (χ3v) is 7.30. The zero-order valence-corrected chi connectivity index (χ0v) is 19.5. The molecule has 3 aromatic rings. The second-order valence-electron chi connectivity index (χ2n) is 9.30. The molecule has 3 aromatic carbocycles. The van der Waals surface area contributed by atoms with Crippen molar-refractivity contribution in [2.45, 2.75) is 19.0 Å². The average Bonchev–Trinajstić information content (AvgIpc) is 3.37. The summed E-state index contributed by atoms with van der Waals surface area (Å²) in [6.45, 7) is 1.46. The van der Waals surface area contributed by atoms with Crippen molar-refractivity contribution in [1.29, 1.82) is 0 Å². The normalized spacial score (nSPS) is 23.8. The van der Waals surface area contributed by atoms with Crippen molar-refractivity contribution >= 4 is 41.0 Å². The van der Waals surface area contributed by atoms with Crippen molar-refractivity contribution in [2.24, 2.45) is 11.8 Å². The predicted octanol–water partition coefficient (Wildman–Crippen LogP) is 4.04. The molecule has 7 nitrogen and oxygen atoms in total. The molecule has 0 saturated carbocycles. The van der Waals surface area contributed by atoms with Crippen LogP contribution in [0.2, 0.25) is 0 Å². The summed E-state index contributed by atoms with van der Waals surface area (Å²) in [6, 6.07) is 22.0. The van der Waals surface area contributed by atoms with Crippen LogP contribution in [-0.2, 0) is 14.4 Å². The number of fused-ring (bicyclic) bond motifs is 5. The number of carbonyl (C=O) groups is 4. The Bertz CT molecular complexity index is 1430. The molecule has 178 valence electrons. The van der Waals surface area contributed by atoms with Gasteiger partial charge in [0.05, 0.1) is 23.6 Å². The van der Waals surface area contributed by atoms with Crippen LogP contribution in [0.5, 0.6) is 0 Å². The number of ketones is 1. The van der Waals surface area contributed by atoms with Crippen LogP contribution in [0.1, 0.15) is 34.5 Å². The fourth-order valence-corrected chi connectivity index (χ4v) is 5.69. The van der Waals surface area contributed by atoms with Gasteiger partial charge in [-0.15, -0.1) is 0 Å². The van der Waals surface area contributed by atoms with Gasteiger partial charge >= 0.3 is 0 Å². The van der Waals surface area contributed by atoms with Gasteiger partial charge in [0.2, 0.25) is 17.7 Å². The fraction of sp³-hybridized carbons (Fsp3) is 0.172. The Morgan fingerprint density at radius 2 is 1.47 bits per heavy atom. The second-order valence-corrected chi connectivity index (χ2v) is 9.30. The number of carbonyl (C=O) groups excluding carboxylic acids is 4. The number of Topliss-reactive ketones (excluding diaryl/α,β-unsaturated/α-hetero) is 1. The van der Waals surface area contributed by atoms with Crippen LogP contribution < -0.4 is 10.2 Å². The molecule has 0 aromatic heterocycles. The standard InChI is InChI=1S/C29H23N3O4/c1-17(33)18-11-13-21(14-12-18)32-28(35)23-24(29(32)36)26(27(34)30-20-8-3-2-4-9-20)31-16-15-19-7-5-6-10-22(19)25(23)31/h2-16,23-26H,1H3,(H,30,34)/t23-,24+,25+,26-/m1/s1. The number of hydrogen-bond acceptors (Lipinski definition) is 5. The molecule has 7 heteroatoms. The molecule has 0 spiro atoms. The van der Waals surface area contributed by atoms with Crippen LogP contribution in [0.25, 0.3) is 6.08 Å². The monoisotopic (exact) mass is 477 g/mol. The number of amides is 3. The van der Waals surface area contributed by atoms with Crippen molar-refractivity contribution in [3.63, 3.8) is 0 Å². The molecule has 4 atom stereocenters. The van der Waals surface area contributed by atoms with E-state index in [0.717, 1.165) is 11.1 Å². The Kier molecular flexibility index (Phi) is 5.07. The highest BCUT2D eigenvalue weighted by molar-refractivity contribution is 6.24. The predicted molar refractivity (Wildman–Crippen MR) is 135 cm³/mol. The third-order valence-electron chi connectivity index (χ3n) is 7.30. The van der Waals surface area contributed by atoms with Gasteiger partial charge in [-0.25, -0.2) is 4.90 Å². The number of hydrogen-bond donors (Lipinski definition) is 1. The van der Waals surface area contributed by atoms with E-state index >= 15 is 0 Å². The van der Waals surface area contributed by atoms with Gasteiger partial charge in [0, 0.05) is 17.5 Å². The molecule has 2 fully saturated rings. The van der Waals surface area contributed by atoms with E-state index < -0.39 is 29.8 Å². The van der Waals surface area contributed by atoms with Gasteiger partial charge in [-0.3, -0.25) is 19.2 Å². The number of rotatable bonds is 4. The van der Waals surface area contributed by atoms with E-state index in [2.05, 4.69) is 5.32 Å². The van der Waals surface area contributed by atoms with Crippen molar-refractivity contribution in [1.82, 2.24) is 4.90 Å².